The predicted octanol–water partition coefficient (Wildman–Crippen LogP) is 4.74. The summed E-state index contributed by atoms with van der Waals surface area (Å²) in [4.78, 5) is 16.5. The summed E-state index contributed by atoms with van der Waals surface area (Å²) >= 11 is 6.12. The first-order valence-corrected chi connectivity index (χ1v) is 8.00. The van der Waals surface area contributed by atoms with Crippen molar-refractivity contribution in [2.24, 2.45) is 0 Å². The molecule has 0 radical (unpaired) electrons. The first kappa shape index (κ1) is 16.9. The molecule has 25 heavy (non-hydrogen) atoms. The van der Waals surface area contributed by atoms with E-state index in [0.717, 1.165) is 5.56 Å². The highest BCUT2D eigenvalue weighted by Gasteiger charge is 2.08. The van der Waals surface area contributed by atoms with Gasteiger partial charge in [0.05, 0.1) is 0 Å². The lowest BCUT2D eigenvalue weighted by molar-refractivity contribution is 0.102. The van der Waals surface area contributed by atoms with Crippen LogP contribution in [0.25, 0.3) is 0 Å². The van der Waals surface area contributed by atoms with Crippen molar-refractivity contribution in [3.63, 3.8) is 0 Å². The van der Waals surface area contributed by atoms with Gasteiger partial charge >= 0.3 is 0 Å². The van der Waals surface area contributed by atoms with E-state index in [1.54, 1.807) is 18.3 Å². The van der Waals surface area contributed by atoms with Gasteiger partial charge in [-0.3, -0.25) is 4.79 Å². The third-order valence-electron chi connectivity index (χ3n) is 3.54. The van der Waals surface area contributed by atoms with Crippen LogP contribution in [0.1, 0.15) is 15.9 Å². The highest BCUT2D eigenvalue weighted by molar-refractivity contribution is 6.31. The van der Waals surface area contributed by atoms with Crippen molar-refractivity contribution in [1.82, 2.24) is 4.98 Å². The lowest BCUT2D eigenvalue weighted by Gasteiger charge is -2.09. The van der Waals surface area contributed by atoms with Gasteiger partial charge in [0.15, 0.2) is 0 Å². The zero-order chi connectivity index (χ0) is 17.6. The maximum Gasteiger partial charge on any atom is 0.255 e. The van der Waals surface area contributed by atoms with Crippen molar-refractivity contribution in [3.05, 3.63) is 88.8 Å². The third-order valence-corrected chi connectivity index (χ3v) is 3.91. The number of hydrogen-bond acceptors (Lipinski definition) is 3. The molecule has 0 saturated heterocycles. The van der Waals surface area contributed by atoms with E-state index >= 15 is 0 Å². The molecule has 2 aromatic carbocycles. The minimum absolute atomic E-state index is 0.296. The zero-order valence-corrected chi connectivity index (χ0v) is 13.9. The molecule has 3 aromatic rings. The number of carbonyl (C=O) groups excluding carboxylic acids is 1. The van der Waals surface area contributed by atoms with Crippen LogP contribution in [0.5, 0.6) is 0 Å². The van der Waals surface area contributed by atoms with Gasteiger partial charge in [-0.15, -0.1) is 0 Å². The van der Waals surface area contributed by atoms with Gasteiger partial charge in [0.25, 0.3) is 5.91 Å². The first-order valence-electron chi connectivity index (χ1n) is 7.62. The minimum atomic E-state index is -0.354. The molecule has 0 unspecified atom stereocenters. The van der Waals surface area contributed by atoms with Crippen LogP contribution in [0.2, 0.25) is 5.02 Å². The SMILES string of the molecule is O=C(Nc1ccc(F)cc1)c1ccnc(NCc2ccccc2Cl)c1. The number of anilines is 2. The summed E-state index contributed by atoms with van der Waals surface area (Å²) in [7, 11) is 0. The summed E-state index contributed by atoms with van der Waals surface area (Å²) in [6, 6.07) is 16.4. The summed E-state index contributed by atoms with van der Waals surface area (Å²) in [6.07, 6.45) is 1.55. The summed E-state index contributed by atoms with van der Waals surface area (Å²) in [5.74, 6) is -0.0885. The number of nitrogens with zero attached hydrogens (tertiary/aromatic N) is 1. The van der Waals surface area contributed by atoms with Crippen LogP contribution in [-0.4, -0.2) is 10.9 Å². The monoisotopic (exact) mass is 355 g/mol. The van der Waals surface area contributed by atoms with E-state index in [0.29, 0.717) is 28.6 Å². The molecule has 1 aromatic heterocycles. The minimum Gasteiger partial charge on any atom is -0.366 e. The van der Waals surface area contributed by atoms with E-state index in [4.69, 9.17) is 11.6 Å². The third kappa shape index (κ3) is 4.55. The van der Waals surface area contributed by atoms with Crippen molar-refractivity contribution in [2.75, 3.05) is 10.6 Å². The smallest absolute Gasteiger partial charge is 0.255 e. The van der Waals surface area contributed by atoms with E-state index in [1.807, 2.05) is 24.3 Å². The lowest BCUT2D eigenvalue weighted by Crippen LogP contribution is -2.12. The molecule has 3 rings (SSSR count). The van der Waals surface area contributed by atoms with E-state index in [9.17, 15) is 9.18 Å². The Balaban J connectivity index is 1.67. The second-order valence-electron chi connectivity index (χ2n) is 5.34. The topological polar surface area (TPSA) is 54.0 Å². The van der Waals surface area contributed by atoms with Gasteiger partial charge < -0.3 is 10.6 Å². The molecule has 126 valence electrons. The van der Waals surface area contributed by atoms with Crippen LogP contribution in [0.3, 0.4) is 0 Å². The van der Waals surface area contributed by atoms with Gasteiger partial charge in [-0.25, -0.2) is 9.37 Å². The number of halogens is 2. The maximum absolute atomic E-state index is 12.9. The molecule has 0 fully saturated rings. The number of amides is 1. The van der Waals surface area contributed by atoms with Crippen LogP contribution in [0.4, 0.5) is 15.9 Å². The van der Waals surface area contributed by atoms with Gasteiger partial charge in [-0.2, -0.15) is 0 Å². The van der Waals surface area contributed by atoms with E-state index in [-0.39, 0.29) is 11.7 Å². The van der Waals surface area contributed by atoms with E-state index in [1.165, 1.54) is 24.3 Å². The molecule has 1 amide bonds. The molecular weight excluding hydrogens is 341 g/mol. The number of carbonyl (C=O) groups is 1. The first-order chi connectivity index (χ1) is 12.1. The highest BCUT2D eigenvalue weighted by Crippen LogP contribution is 2.17. The van der Waals surface area contributed by atoms with Crippen molar-refractivity contribution in [2.45, 2.75) is 6.54 Å². The Morgan fingerprint density at radius 3 is 2.60 bits per heavy atom. The molecule has 0 saturated carbocycles. The Morgan fingerprint density at radius 1 is 1.08 bits per heavy atom. The standard InChI is InChI=1S/C19H15ClFN3O/c20-17-4-2-1-3-14(17)12-23-18-11-13(9-10-22-18)19(25)24-16-7-5-15(21)6-8-16/h1-11H,12H2,(H,22,23)(H,24,25). The quantitative estimate of drug-likeness (QED) is 0.695. The van der Waals surface area contributed by atoms with Gasteiger partial charge in [0, 0.05) is 29.0 Å². The molecule has 1 heterocycles. The number of hydrogen-bond donors (Lipinski definition) is 2. The van der Waals surface area contributed by atoms with E-state index in [2.05, 4.69) is 15.6 Å². The fraction of sp³-hybridized carbons (Fsp3) is 0.0526. The highest BCUT2D eigenvalue weighted by atomic mass is 35.5. The molecule has 0 bridgehead atoms. The van der Waals surface area contributed by atoms with Gasteiger partial charge in [0.1, 0.15) is 11.6 Å². The summed E-state index contributed by atoms with van der Waals surface area (Å²) in [6.45, 7) is 0.496. The van der Waals surface area contributed by atoms with Gasteiger partial charge in [-0.05, 0) is 48.0 Å². The van der Waals surface area contributed by atoms with Gasteiger partial charge in [-0.1, -0.05) is 29.8 Å². The number of pyridine rings is 1. The summed E-state index contributed by atoms with van der Waals surface area (Å²) < 4.78 is 12.9. The Kier molecular flexibility index (Phi) is 5.26. The number of aromatic nitrogens is 1. The summed E-state index contributed by atoms with van der Waals surface area (Å²) in [5, 5.41) is 6.52. The van der Waals surface area contributed by atoms with Crippen molar-refractivity contribution in [3.8, 4) is 0 Å². The molecule has 0 atom stereocenters. The maximum atomic E-state index is 12.9. The molecule has 0 aliphatic carbocycles. The summed E-state index contributed by atoms with van der Waals surface area (Å²) in [5.41, 5.74) is 1.90. The van der Waals surface area contributed by atoms with Crippen LogP contribution < -0.4 is 10.6 Å². The number of benzene rings is 2. The number of rotatable bonds is 5. The van der Waals surface area contributed by atoms with Crippen LogP contribution in [-0.2, 0) is 6.54 Å². The van der Waals surface area contributed by atoms with Gasteiger partial charge in [0.2, 0.25) is 0 Å². The molecule has 2 N–H and O–H groups in total. The normalized spacial score (nSPS) is 10.3. The Bertz CT molecular complexity index is 884. The van der Waals surface area contributed by atoms with Crippen LogP contribution in [0, 0.1) is 5.82 Å². The molecule has 4 nitrogen and oxygen atoms in total. The predicted molar refractivity (Wildman–Crippen MR) is 97.4 cm³/mol. The van der Waals surface area contributed by atoms with Crippen LogP contribution in [0.15, 0.2) is 66.9 Å². The molecule has 0 aliphatic heterocycles. The largest absolute Gasteiger partial charge is 0.366 e. The van der Waals surface area contributed by atoms with E-state index < -0.39 is 0 Å². The van der Waals surface area contributed by atoms with Crippen molar-refractivity contribution in [1.29, 1.82) is 0 Å². The lowest BCUT2D eigenvalue weighted by atomic mass is 10.2. The number of nitrogens with one attached hydrogen (secondary N) is 2. The second-order valence-corrected chi connectivity index (χ2v) is 5.74. The molecular formula is C19H15ClFN3O. The average molecular weight is 356 g/mol. The molecule has 6 heteroatoms. The Labute approximate surface area is 149 Å². The molecule has 0 spiro atoms. The average Bonchev–Trinajstić information content (AvgIpc) is 2.63. The molecule has 0 aliphatic rings. The zero-order valence-electron chi connectivity index (χ0n) is 13.2. The second kappa shape index (κ2) is 7.77. The van der Waals surface area contributed by atoms with Crippen molar-refractivity contribution >= 4 is 29.0 Å². The Morgan fingerprint density at radius 2 is 1.84 bits per heavy atom. The van der Waals surface area contributed by atoms with Crippen LogP contribution >= 0.6 is 11.6 Å². The Hall–Kier alpha value is -2.92. The fourth-order valence-electron chi connectivity index (χ4n) is 2.23. The fourth-order valence-corrected chi connectivity index (χ4v) is 2.44. The van der Waals surface area contributed by atoms with Crippen molar-refractivity contribution < 1.29 is 9.18 Å².